The number of rotatable bonds is 6. The van der Waals surface area contributed by atoms with Crippen LogP contribution < -0.4 is 5.73 Å². The summed E-state index contributed by atoms with van der Waals surface area (Å²) in [6.07, 6.45) is 1.33. The quantitative estimate of drug-likeness (QED) is 0.820. The van der Waals surface area contributed by atoms with Gasteiger partial charge in [-0.25, -0.2) is 0 Å². The molecule has 1 heterocycles. The van der Waals surface area contributed by atoms with Gasteiger partial charge in [-0.05, 0) is 24.0 Å². The van der Waals surface area contributed by atoms with Crippen molar-refractivity contribution in [2.45, 2.75) is 32.8 Å². The summed E-state index contributed by atoms with van der Waals surface area (Å²) in [5.74, 6) is 1.53. The summed E-state index contributed by atoms with van der Waals surface area (Å²) in [5.41, 5.74) is 7.80. The van der Waals surface area contributed by atoms with Crippen LogP contribution in [-0.4, -0.2) is 17.3 Å². The van der Waals surface area contributed by atoms with Crippen molar-refractivity contribution in [3.05, 3.63) is 41.5 Å². The van der Waals surface area contributed by atoms with Gasteiger partial charge in [0.1, 0.15) is 6.10 Å². The number of ether oxygens (including phenoxy) is 1. The van der Waals surface area contributed by atoms with Crippen molar-refractivity contribution in [2.24, 2.45) is 5.92 Å². The third kappa shape index (κ3) is 3.36. The SMILES string of the molecule is COC(c1noc(CCc2ccccc2N)n1)C(C)C. The number of nitrogens with zero attached hydrogens (tertiary/aromatic N) is 2. The number of hydrogen-bond acceptors (Lipinski definition) is 5. The summed E-state index contributed by atoms with van der Waals surface area (Å²) in [4.78, 5) is 4.40. The third-order valence-corrected chi connectivity index (χ3v) is 3.26. The lowest BCUT2D eigenvalue weighted by Gasteiger charge is -2.14. The number of aromatic nitrogens is 2. The molecule has 0 bridgehead atoms. The van der Waals surface area contributed by atoms with Crippen LogP contribution in [0.15, 0.2) is 28.8 Å². The molecule has 1 atom stereocenters. The highest BCUT2D eigenvalue weighted by Gasteiger charge is 2.21. The van der Waals surface area contributed by atoms with Crippen LogP contribution in [0.1, 0.15) is 37.2 Å². The lowest BCUT2D eigenvalue weighted by Crippen LogP contribution is -2.10. The highest BCUT2D eigenvalue weighted by atomic mass is 16.5. The van der Waals surface area contributed by atoms with Crippen LogP contribution in [0.4, 0.5) is 5.69 Å². The van der Waals surface area contributed by atoms with Gasteiger partial charge in [0.05, 0.1) is 0 Å². The summed E-state index contributed by atoms with van der Waals surface area (Å²) in [5, 5.41) is 4.00. The molecule has 0 amide bonds. The van der Waals surface area contributed by atoms with E-state index < -0.39 is 0 Å². The molecule has 2 aromatic rings. The minimum Gasteiger partial charge on any atom is -0.399 e. The second kappa shape index (κ2) is 6.52. The number of hydrogen-bond donors (Lipinski definition) is 1. The van der Waals surface area contributed by atoms with E-state index in [0.29, 0.717) is 24.1 Å². The van der Waals surface area contributed by atoms with Crippen molar-refractivity contribution in [1.29, 1.82) is 0 Å². The first-order valence-electron chi connectivity index (χ1n) is 6.80. The van der Waals surface area contributed by atoms with E-state index in [-0.39, 0.29) is 6.10 Å². The van der Waals surface area contributed by atoms with Gasteiger partial charge in [-0.1, -0.05) is 37.2 Å². The molecule has 20 heavy (non-hydrogen) atoms. The first-order chi connectivity index (χ1) is 9.61. The number of nitrogen functional groups attached to an aromatic ring is 1. The highest BCUT2D eigenvalue weighted by Crippen LogP contribution is 2.22. The second-order valence-corrected chi connectivity index (χ2v) is 5.15. The van der Waals surface area contributed by atoms with Crippen molar-refractivity contribution in [1.82, 2.24) is 10.1 Å². The van der Waals surface area contributed by atoms with Crippen molar-refractivity contribution in [3.8, 4) is 0 Å². The molecule has 2 rings (SSSR count). The third-order valence-electron chi connectivity index (χ3n) is 3.26. The predicted octanol–water partition coefficient (Wildman–Crippen LogP) is 2.78. The van der Waals surface area contributed by atoms with Crippen LogP contribution in [0.3, 0.4) is 0 Å². The van der Waals surface area contributed by atoms with Crippen LogP contribution in [0, 0.1) is 5.92 Å². The largest absolute Gasteiger partial charge is 0.399 e. The molecular formula is C15H21N3O2. The van der Waals surface area contributed by atoms with Gasteiger partial charge in [0.15, 0.2) is 0 Å². The van der Waals surface area contributed by atoms with E-state index in [1.165, 1.54) is 0 Å². The Labute approximate surface area is 119 Å². The van der Waals surface area contributed by atoms with Crippen LogP contribution in [0.2, 0.25) is 0 Å². The zero-order valence-corrected chi connectivity index (χ0v) is 12.2. The zero-order chi connectivity index (χ0) is 14.5. The Morgan fingerprint density at radius 1 is 1.25 bits per heavy atom. The molecule has 1 unspecified atom stereocenters. The molecule has 2 N–H and O–H groups in total. The van der Waals surface area contributed by atoms with Crippen LogP contribution in [0.25, 0.3) is 0 Å². The Bertz CT molecular complexity index is 552. The maximum Gasteiger partial charge on any atom is 0.227 e. The molecule has 0 saturated heterocycles. The minimum absolute atomic E-state index is 0.130. The molecule has 5 nitrogen and oxygen atoms in total. The van der Waals surface area contributed by atoms with E-state index in [0.717, 1.165) is 17.7 Å². The number of aryl methyl sites for hydroxylation is 2. The van der Waals surface area contributed by atoms with E-state index in [2.05, 4.69) is 24.0 Å². The summed E-state index contributed by atoms with van der Waals surface area (Å²) >= 11 is 0. The smallest absolute Gasteiger partial charge is 0.227 e. The van der Waals surface area contributed by atoms with Gasteiger partial charge in [0.2, 0.25) is 11.7 Å². The Morgan fingerprint density at radius 3 is 2.65 bits per heavy atom. The monoisotopic (exact) mass is 275 g/mol. The molecule has 0 fully saturated rings. The number of nitrogens with two attached hydrogens (primary N) is 1. The highest BCUT2D eigenvalue weighted by molar-refractivity contribution is 5.46. The van der Waals surface area contributed by atoms with Crippen molar-refractivity contribution in [3.63, 3.8) is 0 Å². The first-order valence-corrected chi connectivity index (χ1v) is 6.80. The van der Waals surface area contributed by atoms with E-state index >= 15 is 0 Å². The average molecular weight is 275 g/mol. The lowest BCUT2D eigenvalue weighted by atomic mass is 10.1. The average Bonchev–Trinajstić information content (AvgIpc) is 2.87. The summed E-state index contributed by atoms with van der Waals surface area (Å²) < 4.78 is 10.7. The molecule has 1 aromatic carbocycles. The number of methoxy groups -OCH3 is 1. The van der Waals surface area contributed by atoms with Gasteiger partial charge < -0.3 is 15.0 Å². The van der Waals surface area contributed by atoms with E-state index in [4.69, 9.17) is 15.0 Å². The van der Waals surface area contributed by atoms with Gasteiger partial charge in [-0.2, -0.15) is 4.98 Å². The Kier molecular flexibility index (Phi) is 4.74. The topological polar surface area (TPSA) is 74.2 Å². The summed E-state index contributed by atoms with van der Waals surface area (Å²) in [6.45, 7) is 4.13. The first kappa shape index (κ1) is 14.5. The second-order valence-electron chi connectivity index (χ2n) is 5.15. The summed E-state index contributed by atoms with van der Waals surface area (Å²) in [6, 6.07) is 7.81. The normalized spacial score (nSPS) is 12.8. The van der Waals surface area contributed by atoms with Crippen LogP contribution in [-0.2, 0) is 17.6 Å². The van der Waals surface area contributed by atoms with Gasteiger partial charge in [-0.3, -0.25) is 0 Å². The number of anilines is 1. The Hall–Kier alpha value is -1.88. The van der Waals surface area contributed by atoms with Gasteiger partial charge in [0, 0.05) is 19.2 Å². The Morgan fingerprint density at radius 2 is 2.00 bits per heavy atom. The summed E-state index contributed by atoms with van der Waals surface area (Å²) in [7, 11) is 1.66. The molecule has 0 radical (unpaired) electrons. The van der Waals surface area contributed by atoms with Crippen molar-refractivity contribution >= 4 is 5.69 Å². The number of benzene rings is 1. The maximum atomic E-state index is 5.91. The van der Waals surface area contributed by atoms with Gasteiger partial charge in [-0.15, -0.1) is 0 Å². The lowest BCUT2D eigenvalue weighted by molar-refractivity contribution is 0.0555. The molecule has 0 saturated carbocycles. The Balaban J connectivity index is 2.01. The molecule has 0 aliphatic carbocycles. The molecule has 0 aliphatic heterocycles. The number of para-hydroxylation sites is 1. The van der Waals surface area contributed by atoms with E-state index in [9.17, 15) is 0 Å². The molecular weight excluding hydrogens is 254 g/mol. The zero-order valence-electron chi connectivity index (χ0n) is 12.2. The molecule has 108 valence electrons. The van der Waals surface area contributed by atoms with Crippen molar-refractivity contribution < 1.29 is 9.26 Å². The fraction of sp³-hybridized carbons (Fsp3) is 0.467. The van der Waals surface area contributed by atoms with Crippen molar-refractivity contribution in [2.75, 3.05) is 12.8 Å². The molecule has 0 aliphatic rings. The molecule has 0 spiro atoms. The predicted molar refractivity (Wildman–Crippen MR) is 77.1 cm³/mol. The van der Waals surface area contributed by atoms with Crippen LogP contribution >= 0.6 is 0 Å². The standard InChI is InChI=1S/C15H21N3O2/c1-10(2)14(19-3)15-17-13(20-18-15)9-8-11-6-4-5-7-12(11)16/h4-7,10,14H,8-9,16H2,1-3H3. The van der Waals surface area contributed by atoms with E-state index in [1.54, 1.807) is 7.11 Å². The molecule has 1 aromatic heterocycles. The fourth-order valence-electron chi connectivity index (χ4n) is 2.16. The maximum absolute atomic E-state index is 5.91. The van der Waals surface area contributed by atoms with Gasteiger partial charge in [0.25, 0.3) is 0 Å². The van der Waals surface area contributed by atoms with Gasteiger partial charge >= 0.3 is 0 Å². The van der Waals surface area contributed by atoms with Crippen LogP contribution in [0.5, 0.6) is 0 Å². The molecule has 5 heteroatoms. The fourth-order valence-corrected chi connectivity index (χ4v) is 2.16. The minimum atomic E-state index is -0.130. The van der Waals surface area contributed by atoms with E-state index in [1.807, 2.05) is 24.3 Å².